The Morgan fingerprint density at radius 1 is 1.47 bits per heavy atom. The summed E-state index contributed by atoms with van der Waals surface area (Å²) in [6.07, 6.45) is 7.66. The minimum atomic E-state index is 0.536. The average Bonchev–Trinajstić information content (AvgIpc) is 2.90. The molecule has 3 heteroatoms. The number of rotatable bonds is 1. The normalized spacial score (nSPS) is 29.0. The van der Waals surface area contributed by atoms with Gasteiger partial charge in [0.1, 0.15) is 0 Å². The van der Waals surface area contributed by atoms with Gasteiger partial charge in [-0.15, -0.1) is 0 Å². The first-order valence-corrected chi connectivity index (χ1v) is 6.00. The Balaban J connectivity index is 1.91. The van der Waals surface area contributed by atoms with Crippen LogP contribution in [0.25, 0.3) is 0 Å². The zero-order valence-corrected chi connectivity index (χ0v) is 9.37. The first-order valence-electron chi connectivity index (χ1n) is 6.00. The van der Waals surface area contributed by atoms with Crippen LogP contribution in [-0.2, 0) is 7.05 Å². The van der Waals surface area contributed by atoms with Crippen LogP contribution in [0.4, 0.5) is 0 Å². The lowest BCUT2D eigenvalue weighted by atomic mass is 9.75. The van der Waals surface area contributed by atoms with Crippen molar-refractivity contribution in [3.8, 4) is 0 Å². The number of aromatic nitrogens is 2. The fraction of sp³-hybridized carbons (Fsp3) is 0.750. The number of hydrogen-bond donors (Lipinski definition) is 1. The Bertz CT molecular complexity index is 344. The summed E-state index contributed by atoms with van der Waals surface area (Å²) >= 11 is 0. The molecule has 2 fully saturated rings. The predicted molar refractivity (Wildman–Crippen MR) is 59.7 cm³/mol. The lowest BCUT2D eigenvalue weighted by Crippen LogP contribution is -2.25. The van der Waals surface area contributed by atoms with E-state index in [4.69, 9.17) is 0 Å². The van der Waals surface area contributed by atoms with E-state index in [2.05, 4.69) is 22.7 Å². The molecule has 1 atom stereocenters. The first kappa shape index (κ1) is 9.40. The van der Waals surface area contributed by atoms with Crippen LogP contribution < -0.4 is 5.32 Å². The van der Waals surface area contributed by atoms with Crippen molar-refractivity contribution < 1.29 is 0 Å². The van der Waals surface area contributed by atoms with Crippen molar-refractivity contribution in [3.63, 3.8) is 0 Å². The van der Waals surface area contributed by atoms with E-state index < -0.39 is 0 Å². The number of nitrogens with zero attached hydrogens (tertiary/aromatic N) is 2. The second-order valence-corrected chi connectivity index (χ2v) is 5.17. The highest BCUT2D eigenvalue weighted by molar-refractivity contribution is 5.17. The molecule has 0 bridgehead atoms. The summed E-state index contributed by atoms with van der Waals surface area (Å²) in [5, 5.41) is 8.15. The number of nitrogens with one attached hydrogen (secondary N) is 1. The Labute approximate surface area is 90.9 Å². The highest BCUT2D eigenvalue weighted by Crippen LogP contribution is 2.50. The summed E-state index contributed by atoms with van der Waals surface area (Å²) in [4.78, 5) is 0. The van der Waals surface area contributed by atoms with Crippen molar-refractivity contribution in [1.29, 1.82) is 0 Å². The molecule has 0 radical (unpaired) electrons. The van der Waals surface area contributed by atoms with Gasteiger partial charge in [-0.25, -0.2) is 0 Å². The third-order valence-electron chi connectivity index (χ3n) is 4.26. The van der Waals surface area contributed by atoms with Crippen LogP contribution in [0.15, 0.2) is 12.3 Å². The molecule has 2 aliphatic rings. The van der Waals surface area contributed by atoms with Crippen LogP contribution >= 0.6 is 0 Å². The maximum atomic E-state index is 4.59. The molecule has 1 saturated carbocycles. The molecule has 1 aromatic heterocycles. The summed E-state index contributed by atoms with van der Waals surface area (Å²) in [6.45, 7) is 2.32. The molecule has 1 aliphatic heterocycles. The van der Waals surface area contributed by atoms with E-state index in [1.165, 1.54) is 37.9 Å². The highest BCUT2D eigenvalue weighted by Gasteiger charge is 2.46. The van der Waals surface area contributed by atoms with Crippen molar-refractivity contribution in [1.82, 2.24) is 15.1 Å². The quantitative estimate of drug-likeness (QED) is 0.755. The molecule has 82 valence electrons. The molecule has 3 rings (SSSR count). The Morgan fingerprint density at radius 2 is 2.27 bits per heavy atom. The topological polar surface area (TPSA) is 29.9 Å². The molecular formula is C12H19N3. The standard InChI is InChI=1S/C12H19N3/c1-15-7-4-11(14-15)10-8-13-9-12(10)5-2-3-6-12/h4,7,10,13H,2-3,5-6,8-9H2,1H3/t10-/m1/s1. The molecule has 0 unspecified atom stereocenters. The van der Waals surface area contributed by atoms with Gasteiger partial charge in [-0.05, 0) is 24.3 Å². The molecule has 0 amide bonds. The van der Waals surface area contributed by atoms with E-state index in [1.54, 1.807) is 0 Å². The van der Waals surface area contributed by atoms with E-state index >= 15 is 0 Å². The summed E-state index contributed by atoms with van der Waals surface area (Å²) in [5.74, 6) is 0.654. The smallest absolute Gasteiger partial charge is 0.0674 e. The largest absolute Gasteiger partial charge is 0.315 e. The molecule has 2 heterocycles. The third-order valence-corrected chi connectivity index (χ3v) is 4.26. The van der Waals surface area contributed by atoms with Crippen molar-refractivity contribution in [3.05, 3.63) is 18.0 Å². The van der Waals surface area contributed by atoms with Crippen LogP contribution in [0.1, 0.15) is 37.3 Å². The van der Waals surface area contributed by atoms with Gasteiger partial charge in [0.05, 0.1) is 5.69 Å². The van der Waals surface area contributed by atoms with Crippen molar-refractivity contribution in [2.45, 2.75) is 31.6 Å². The van der Waals surface area contributed by atoms with E-state index in [0.29, 0.717) is 11.3 Å². The van der Waals surface area contributed by atoms with Gasteiger partial charge in [0.15, 0.2) is 0 Å². The Kier molecular flexibility index (Phi) is 2.09. The monoisotopic (exact) mass is 205 g/mol. The molecule has 1 aliphatic carbocycles. The van der Waals surface area contributed by atoms with Crippen LogP contribution in [0.5, 0.6) is 0 Å². The van der Waals surface area contributed by atoms with Gasteiger partial charge >= 0.3 is 0 Å². The second-order valence-electron chi connectivity index (χ2n) is 5.17. The summed E-state index contributed by atoms with van der Waals surface area (Å²) < 4.78 is 1.93. The zero-order chi connectivity index (χ0) is 10.3. The molecule has 3 nitrogen and oxygen atoms in total. The molecule has 0 aromatic carbocycles. The average molecular weight is 205 g/mol. The Hall–Kier alpha value is -0.830. The molecule has 1 aromatic rings. The van der Waals surface area contributed by atoms with E-state index in [-0.39, 0.29) is 0 Å². The lowest BCUT2D eigenvalue weighted by molar-refractivity contribution is 0.290. The van der Waals surface area contributed by atoms with Gasteiger partial charge in [-0.1, -0.05) is 12.8 Å². The SMILES string of the molecule is Cn1ccc([C@H]2CNCC23CCCC3)n1. The first-order chi connectivity index (χ1) is 7.30. The van der Waals surface area contributed by atoms with Crippen LogP contribution in [0.3, 0.4) is 0 Å². The molecule has 1 saturated heterocycles. The van der Waals surface area contributed by atoms with Gasteiger partial charge < -0.3 is 5.32 Å². The van der Waals surface area contributed by atoms with Crippen molar-refractivity contribution in [2.75, 3.05) is 13.1 Å². The summed E-state index contributed by atoms with van der Waals surface area (Å²) in [6, 6.07) is 2.19. The maximum Gasteiger partial charge on any atom is 0.0674 e. The number of hydrogen-bond acceptors (Lipinski definition) is 2. The van der Waals surface area contributed by atoms with Crippen LogP contribution in [0, 0.1) is 5.41 Å². The van der Waals surface area contributed by atoms with E-state index in [9.17, 15) is 0 Å². The fourth-order valence-corrected chi connectivity index (χ4v) is 3.45. The molecule has 15 heavy (non-hydrogen) atoms. The van der Waals surface area contributed by atoms with Crippen molar-refractivity contribution in [2.24, 2.45) is 12.5 Å². The molecule has 1 spiro atoms. The van der Waals surface area contributed by atoms with Crippen molar-refractivity contribution >= 4 is 0 Å². The van der Waals surface area contributed by atoms with E-state index in [0.717, 1.165) is 6.54 Å². The van der Waals surface area contributed by atoms with E-state index in [1.807, 2.05) is 11.7 Å². The summed E-state index contributed by atoms with van der Waals surface area (Å²) in [5.41, 5.74) is 1.83. The lowest BCUT2D eigenvalue weighted by Gasteiger charge is -2.28. The summed E-state index contributed by atoms with van der Waals surface area (Å²) in [7, 11) is 2.01. The zero-order valence-electron chi connectivity index (χ0n) is 9.37. The minimum Gasteiger partial charge on any atom is -0.315 e. The minimum absolute atomic E-state index is 0.536. The van der Waals surface area contributed by atoms with Gasteiger partial charge in [0.2, 0.25) is 0 Å². The second kappa shape index (κ2) is 3.34. The van der Waals surface area contributed by atoms with Gasteiger partial charge in [0.25, 0.3) is 0 Å². The predicted octanol–water partition coefficient (Wildman–Crippen LogP) is 1.67. The third kappa shape index (κ3) is 1.41. The van der Waals surface area contributed by atoms with Gasteiger partial charge in [0, 0.05) is 32.3 Å². The number of aryl methyl sites for hydroxylation is 1. The van der Waals surface area contributed by atoms with Gasteiger partial charge in [-0.2, -0.15) is 5.10 Å². The molecule has 1 N–H and O–H groups in total. The molecular weight excluding hydrogens is 186 g/mol. The van der Waals surface area contributed by atoms with Crippen LogP contribution in [0.2, 0.25) is 0 Å². The maximum absolute atomic E-state index is 4.59. The highest BCUT2D eigenvalue weighted by atomic mass is 15.3. The fourth-order valence-electron chi connectivity index (χ4n) is 3.45. The van der Waals surface area contributed by atoms with Gasteiger partial charge in [-0.3, -0.25) is 4.68 Å². The Morgan fingerprint density at radius 3 is 2.93 bits per heavy atom. The van der Waals surface area contributed by atoms with Crippen LogP contribution in [-0.4, -0.2) is 22.9 Å².